The molecule has 1 aromatic heterocycles. The highest BCUT2D eigenvalue weighted by Crippen LogP contribution is 2.38. The first-order chi connectivity index (χ1) is 13.9. The number of fused-ring (bicyclic) bond motifs is 1. The molecule has 0 saturated carbocycles. The first-order valence-corrected chi connectivity index (χ1v) is 11.1. The summed E-state index contributed by atoms with van der Waals surface area (Å²) in [5.74, 6) is 0.0754. The number of carbonyl (C=O) groups excluding carboxylic acids is 2. The summed E-state index contributed by atoms with van der Waals surface area (Å²) in [7, 11) is 0. The number of thiophene rings is 1. The molecule has 156 valence electrons. The Morgan fingerprint density at radius 2 is 1.90 bits per heavy atom. The standard InChI is InChI=1S/C23H29NO4S/c1-5-18(28-16-12-11-14(3)15(4)13-16)21(25)24-22-20(23(26)27-6-2)17-9-7-8-10-19(17)29-22/h11-13,18H,5-10H2,1-4H3,(H,24,25)/t18-/m1/s1. The van der Waals surface area contributed by atoms with Crippen LogP contribution in [0.15, 0.2) is 18.2 Å². The number of anilines is 1. The smallest absolute Gasteiger partial charge is 0.341 e. The maximum Gasteiger partial charge on any atom is 0.341 e. The van der Waals surface area contributed by atoms with Crippen molar-refractivity contribution in [3.63, 3.8) is 0 Å². The Bertz CT molecular complexity index is 903. The van der Waals surface area contributed by atoms with Gasteiger partial charge in [0.1, 0.15) is 10.8 Å². The molecule has 0 spiro atoms. The fraction of sp³-hybridized carbons (Fsp3) is 0.478. The molecule has 29 heavy (non-hydrogen) atoms. The van der Waals surface area contributed by atoms with Crippen LogP contribution in [0.25, 0.3) is 0 Å². The number of hydrogen-bond acceptors (Lipinski definition) is 5. The van der Waals surface area contributed by atoms with Crippen LogP contribution in [0.3, 0.4) is 0 Å². The zero-order valence-corrected chi connectivity index (χ0v) is 18.4. The quantitative estimate of drug-likeness (QED) is 0.630. The molecule has 6 heteroatoms. The topological polar surface area (TPSA) is 64.6 Å². The van der Waals surface area contributed by atoms with E-state index in [-0.39, 0.29) is 11.9 Å². The summed E-state index contributed by atoms with van der Waals surface area (Å²) in [6.07, 6.45) is 3.85. The molecule has 0 radical (unpaired) electrons. The van der Waals surface area contributed by atoms with Crippen LogP contribution in [0.1, 0.15) is 65.0 Å². The Morgan fingerprint density at radius 3 is 2.59 bits per heavy atom. The van der Waals surface area contributed by atoms with Gasteiger partial charge in [-0.15, -0.1) is 11.3 Å². The third kappa shape index (κ3) is 4.81. The van der Waals surface area contributed by atoms with Gasteiger partial charge in [0.15, 0.2) is 6.10 Å². The number of aryl methyl sites for hydroxylation is 3. The summed E-state index contributed by atoms with van der Waals surface area (Å²) in [5.41, 5.74) is 3.87. The summed E-state index contributed by atoms with van der Waals surface area (Å²) in [5, 5.41) is 3.54. The van der Waals surface area contributed by atoms with Crippen LogP contribution in [0.5, 0.6) is 5.75 Å². The van der Waals surface area contributed by atoms with Crippen molar-refractivity contribution in [2.75, 3.05) is 11.9 Å². The normalized spacial score (nSPS) is 14.1. The van der Waals surface area contributed by atoms with Crippen LogP contribution in [0.2, 0.25) is 0 Å². The minimum Gasteiger partial charge on any atom is -0.481 e. The van der Waals surface area contributed by atoms with Crippen LogP contribution < -0.4 is 10.1 Å². The van der Waals surface area contributed by atoms with Gasteiger partial charge in [-0.2, -0.15) is 0 Å². The Morgan fingerprint density at radius 1 is 1.14 bits per heavy atom. The van der Waals surface area contributed by atoms with Gasteiger partial charge < -0.3 is 14.8 Å². The van der Waals surface area contributed by atoms with E-state index in [1.165, 1.54) is 21.8 Å². The first-order valence-electron chi connectivity index (χ1n) is 10.3. The third-order valence-electron chi connectivity index (χ3n) is 5.31. The van der Waals surface area contributed by atoms with Gasteiger partial charge in [0.2, 0.25) is 0 Å². The molecular weight excluding hydrogens is 386 g/mol. The number of carbonyl (C=O) groups is 2. The number of ether oxygens (including phenoxy) is 2. The van der Waals surface area contributed by atoms with E-state index in [9.17, 15) is 9.59 Å². The average molecular weight is 416 g/mol. The van der Waals surface area contributed by atoms with Crippen LogP contribution in [0, 0.1) is 13.8 Å². The molecule has 3 rings (SSSR count). The van der Waals surface area contributed by atoms with E-state index in [1.54, 1.807) is 6.92 Å². The minimum atomic E-state index is -0.633. The molecular formula is C23H29NO4S. The van der Waals surface area contributed by atoms with Gasteiger partial charge in [-0.1, -0.05) is 13.0 Å². The van der Waals surface area contributed by atoms with Crippen molar-refractivity contribution in [3.05, 3.63) is 45.3 Å². The van der Waals surface area contributed by atoms with Gasteiger partial charge in [0, 0.05) is 4.88 Å². The molecule has 0 saturated heterocycles. The lowest BCUT2D eigenvalue weighted by molar-refractivity contribution is -0.122. The van der Waals surface area contributed by atoms with Crippen molar-refractivity contribution >= 4 is 28.2 Å². The molecule has 1 N–H and O–H groups in total. The highest BCUT2D eigenvalue weighted by atomic mass is 32.1. The molecule has 0 bridgehead atoms. The average Bonchev–Trinajstić information content (AvgIpc) is 3.06. The second-order valence-corrected chi connectivity index (χ2v) is 8.49. The number of esters is 1. The molecule has 1 aromatic carbocycles. The molecule has 1 amide bonds. The predicted molar refractivity (Wildman–Crippen MR) is 116 cm³/mol. The summed E-state index contributed by atoms with van der Waals surface area (Å²) < 4.78 is 11.2. The Balaban J connectivity index is 1.81. The zero-order chi connectivity index (χ0) is 21.0. The van der Waals surface area contributed by atoms with Gasteiger partial charge >= 0.3 is 5.97 Å². The zero-order valence-electron chi connectivity index (χ0n) is 17.6. The van der Waals surface area contributed by atoms with Crippen LogP contribution >= 0.6 is 11.3 Å². The lowest BCUT2D eigenvalue weighted by Crippen LogP contribution is -2.32. The SMILES string of the molecule is CCOC(=O)c1c(NC(=O)[C@@H](CC)Oc2ccc(C)c(C)c2)sc2c1CCCC2. The van der Waals surface area contributed by atoms with Gasteiger partial charge in [-0.05, 0) is 81.7 Å². The summed E-state index contributed by atoms with van der Waals surface area (Å²) in [6.45, 7) is 8.07. The molecule has 5 nitrogen and oxygen atoms in total. The van der Waals surface area contributed by atoms with E-state index in [0.29, 0.717) is 29.3 Å². The molecule has 0 unspecified atom stereocenters. The fourth-order valence-corrected chi connectivity index (χ4v) is 4.82. The van der Waals surface area contributed by atoms with Gasteiger partial charge in [0.05, 0.1) is 12.2 Å². The molecule has 0 fully saturated rings. The molecule has 1 aliphatic rings. The van der Waals surface area contributed by atoms with E-state index < -0.39 is 6.10 Å². The van der Waals surface area contributed by atoms with Crippen molar-refractivity contribution in [3.8, 4) is 5.75 Å². The lowest BCUT2D eigenvalue weighted by Gasteiger charge is -2.18. The largest absolute Gasteiger partial charge is 0.481 e. The van der Waals surface area contributed by atoms with E-state index in [1.807, 2.05) is 39.0 Å². The minimum absolute atomic E-state index is 0.241. The van der Waals surface area contributed by atoms with Crippen LogP contribution in [-0.2, 0) is 22.4 Å². The van der Waals surface area contributed by atoms with Gasteiger partial charge in [0.25, 0.3) is 5.91 Å². The number of rotatable bonds is 7. The highest BCUT2D eigenvalue weighted by Gasteiger charge is 2.29. The van der Waals surface area contributed by atoms with E-state index >= 15 is 0 Å². The van der Waals surface area contributed by atoms with Gasteiger partial charge in [-0.3, -0.25) is 4.79 Å². The molecule has 1 atom stereocenters. The summed E-state index contributed by atoms with van der Waals surface area (Å²) >= 11 is 1.49. The van der Waals surface area contributed by atoms with Crippen molar-refractivity contribution in [1.29, 1.82) is 0 Å². The Hall–Kier alpha value is -2.34. The van der Waals surface area contributed by atoms with Gasteiger partial charge in [-0.25, -0.2) is 4.79 Å². The summed E-state index contributed by atoms with van der Waals surface area (Å²) in [4.78, 5) is 26.7. The first kappa shape index (κ1) is 21.4. The number of amides is 1. The molecule has 1 aliphatic carbocycles. The fourth-order valence-electron chi connectivity index (χ4n) is 3.54. The highest BCUT2D eigenvalue weighted by molar-refractivity contribution is 7.17. The molecule has 1 heterocycles. The van der Waals surface area contributed by atoms with Crippen molar-refractivity contribution in [2.45, 2.75) is 65.9 Å². The Labute approximate surface area is 176 Å². The second kappa shape index (κ2) is 9.44. The second-order valence-electron chi connectivity index (χ2n) is 7.39. The number of benzene rings is 1. The van der Waals surface area contributed by atoms with Crippen molar-refractivity contribution < 1.29 is 19.1 Å². The van der Waals surface area contributed by atoms with E-state index in [2.05, 4.69) is 5.32 Å². The lowest BCUT2D eigenvalue weighted by atomic mass is 9.95. The Kier molecular flexibility index (Phi) is 6.96. The maximum absolute atomic E-state index is 13.0. The number of hydrogen-bond donors (Lipinski definition) is 1. The predicted octanol–water partition coefficient (Wildman–Crippen LogP) is 5.22. The van der Waals surface area contributed by atoms with E-state index in [4.69, 9.17) is 9.47 Å². The third-order valence-corrected chi connectivity index (χ3v) is 6.51. The van der Waals surface area contributed by atoms with Crippen molar-refractivity contribution in [2.24, 2.45) is 0 Å². The molecule has 0 aliphatic heterocycles. The van der Waals surface area contributed by atoms with Crippen molar-refractivity contribution in [1.82, 2.24) is 0 Å². The summed E-state index contributed by atoms with van der Waals surface area (Å²) in [6, 6.07) is 5.81. The van der Waals surface area contributed by atoms with Crippen LogP contribution in [-0.4, -0.2) is 24.6 Å². The van der Waals surface area contributed by atoms with Crippen LogP contribution in [0.4, 0.5) is 5.00 Å². The molecule has 2 aromatic rings. The monoisotopic (exact) mass is 415 g/mol. The van der Waals surface area contributed by atoms with E-state index in [0.717, 1.165) is 36.8 Å². The maximum atomic E-state index is 13.0. The number of nitrogens with one attached hydrogen (secondary N) is 1.